The summed E-state index contributed by atoms with van der Waals surface area (Å²) < 4.78 is 0.970. The number of rotatable bonds is 2. The Labute approximate surface area is 103 Å². The molecule has 1 fully saturated rings. The maximum Gasteiger partial charge on any atom is 0.253 e. The SMILES string of the molecule is CN(C(=O)c1ccc2nc(N)sc2c1)C1CC1. The third-order valence-electron chi connectivity index (χ3n) is 3.07. The molecule has 1 aromatic carbocycles. The van der Waals surface area contributed by atoms with Crippen molar-refractivity contribution >= 4 is 32.6 Å². The average Bonchev–Trinajstić information content (AvgIpc) is 3.08. The van der Waals surface area contributed by atoms with Gasteiger partial charge in [-0.1, -0.05) is 11.3 Å². The first-order valence-electron chi connectivity index (χ1n) is 5.58. The number of nitrogens with zero attached hydrogens (tertiary/aromatic N) is 2. The molecule has 0 atom stereocenters. The first-order valence-corrected chi connectivity index (χ1v) is 6.40. The van der Waals surface area contributed by atoms with Crippen molar-refractivity contribution in [3.05, 3.63) is 23.8 Å². The number of anilines is 1. The van der Waals surface area contributed by atoms with Gasteiger partial charge in [0, 0.05) is 18.7 Å². The van der Waals surface area contributed by atoms with Crippen molar-refractivity contribution in [2.75, 3.05) is 12.8 Å². The van der Waals surface area contributed by atoms with E-state index in [4.69, 9.17) is 5.73 Å². The van der Waals surface area contributed by atoms with Gasteiger partial charge in [0.05, 0.1) is 10.2 Å². The monoisotopic (exact) mass is 247 g/mol. The van der Waals surface area contributed by atoms with E-state index in [1.54, 1.807) is 0 Å². The summed E-state index contributed by atoms with van der Waals surface area (Å²) in [7, 11) is 1.87. The Balaban J connectivity index is 1.96. The van der Waals surface area contributed by atoms with Crippen molar-refractivity contribution in [2.24, 2.45) is 0 Å². The standard InChI is InChI=1S/C12H13N3OS/c1-15(8-3-4-8)11(16)7-2-5-9-10(6-7)17-12(13)14-9/h2,5-6,8H,3-4H2,1H3,(H2,13,14). The van der Waals surface area contributed by atoms with Gasteiger partial charge in [0.15, 0.2) is 5.13 Å². The number of aromatic nitrogens is 1. The molecular formula is C12H13N3OS. The molecule has 1 aliphatic rings. The molecule has 1 aromatic heterocycles. The predicted molar refractivity (Wildman–Crippen MR) is 69.1 cm³/mol. The van der Waals surface area contributed by atoms with Gasteiger partial charge in [-0.2, -0.15) is 0 Å². The van der Waals surface area contributed by atoms with E-state index >= 15 is 0 Å². The number of carbonyl (C=O) groups excluding carboxylic acids is 1. The largest absolute Gasteiger partial charge is 0.375 e. The number of hydrogen-bond donors (Lipinski definition) is 1. The maximum atomic E-state index is 12.2. The average molecular weight is 247 g/mol. The van der Waals surface area contributed by atoms with Crippen molar-refractivity contribution in [1.82, 2.24) is 9.88 Å². The van der Waals surface area contributed by atoms with Crippen molar-refractivity contribution in [1.29, 1.82) is 0 Å². The van der Waals surface area contributed by atoms with E-state index < -0.39 is 0 Å². The molecule has 0 bridgehead atoms. The molecular weight excluding hydrogens is 234 g/mol. The van der Waals surface area contributed by atoms with Crippen LogP contribution >= 0.6 is 11.3 Å². The van der Waals surface area contributed by atoms with Crippen molar-refractivity contribution < 1.29 is 4.79 Å². The van der Waals surface area contributed by atoms with Crippen LogP contribution in [0, 0.1) is 0 Å². The summed E-state index contributed by atoms with van der Waals surface area (Å²) in [5.41, 5.74) is 7.22. The summed E-state index contributed by atoms with van der Waals surface area (Å²) in [6, 6.07) is 5.99. The molecule has 2 aromatic rings. The Hall–Kier alpha value is -1.62. The van der Waals surface area contributed by atoms with Crippen molar-refractivity contribution in [3.8, 4) is 0 Å². The summed E-state index contributed by atoms with van der Waals surface area (Å²) in [5.74, 6) is 0.0846. The predicted octanol–water partition coefficient (Wildman–Crippen LogP) is 2.11. The lowest BCUT2D eigenvalue weighted by Crippen LogP contribution is -2.28. The minimum Gasteiger partial charge on any atom is -0.375 e. The summed E-state index contributed by atoms with van der Waals surface area (Å²) in [4.78, 5) is 18.2. The highest BCUT2D eigenvalue weighted by molar-refractivity contribution is 7.22. The fourth-order valence-corrected chi connectivity index (χ4v) is 2.68. The van der Waals surface area contributed by atoms with Crippen LogP contribution < -0.4 is 5.73 Å². The highest BCUT2D eigenvalue weighted by Gasteiger charge is 2.30. The normalized spacial score (nSPS) is 15.1. The zero-order valence-corrected chi connectivity index (χ0v) is 10.3. The number of benzene rings is 1. The third kappa shape index (κ3) is 1.86. The van der Waals surface area contributed by atoms with Gasteiger partial charge in [0.2, 0.25) is 0 Å². The molecule has 2 N–H and O–H groups in total. The minimum atomic E-state index is 0.0846. The molecule has 0 aliphatic heterocycles. The van der Waals surface area contributed by atoms with E-state index in [0.717, 1.165) is 28.6 Å². The number of carbonyl (C=O) groups is 1. The Bertz CT molecular complexity index is 588. The van der Waals surface area contributed by atoms with Crippen LogP contribution in [0.25, 0.3) is 10.2 Å². The smallest absolute Gasteiger partial charge is 0.253 e. The maximum absolute atomic E-state index is 12.2. The Morgan fingerprint density at radius 2 is 2.29 bits per heavy atom. The van der Waals surface area contributed by atoms with Crippen LogP contribution in [0.3, 0.4) is 0 Å². The van der Waals surface area contributed by atoms with E-state index in [1.165, 1.54) is 11.3 Å². The van der Waals surface area contributed by atoms with Crippen LogP contribution in [0.2, 0.25) is 0 Å². The van der Waals surface area contributed by atoms with E-state index in [9.17, 15) is 4.79 Å². The molecule has 1 heterocycles. The molecule has 17 heavy (non-hydrogen) atoms. The van der Waals surface area contributed by atoms with Crippen LogP contribution in [0.1, 0.15) is 23.2 Å². The lowest BCUT2D eigenvalue weighted by atomic mass is 10.2. The quantitative estimate of drug-likeness (QED) is 0.884. The van der Waals surface area contributed by atoms with Crippen LogP contribution in [-0.2, 0) is 0 Å². The number of nitrogens with two attached hydrogens (primary N) is 1. The molecule has 88 valence electrons. The Morgan fingerprint density at radius 3 is 3.00 bits per heavy atom. The molecule has 5 heteroatoms. The fraction of sp³-hybridized carbons (Fsp3) is 0.333. The van der Waals surface area contributed by atoms with Gasteiger partial charge in [-0.3, -0.25) is 4.79 Å². The van der Waals surface area contributed by atoms with Crippen LogP contribution in [0.5, 0.6) is 0 Å². The van der Waals surface area contributed by atoms with Crippen LogP contribution in [-0.4, -0.2) is 28.9 Å². The second-order valence-corrected chi connectivity index (χ2v) is 5.44. The van der Waals surface area contributed by atoms with E-state index in [-0.39, 0.29) is 5.91 Å². The van der Waals surface area contributed by atoms with Gasteiger partial charge >= 0.3 is 0 Å². The number of hydrogen-bond acceptors (Lipinski definition) is 4. The highest BCUT2D eigenvalue weighted by Crippen LogP contribution is 2.28. The number of nitrogen functional groups attached to an aromatic ring is 1. The number of thiazole rings is 1. The van der Waals surface area contributed by atoms with Crippen LogP contribution in [0.15, 0.2) is 18.2 Å². The third-order valence-corrected chi connectivity index (χ3v) is 3.91. The van der Waals surface area contributed by atoms with Gasteiger partial charge in [0.1, 0.15) is 0 Å². The van der Waals surface area contributed by atoms with Gasteiger partial charge in [-0.25, -0.2) is 4.98 Å². The molecule has 1 saturated carbocycles. The summed E-state index contributed by atoms with van der Waals surface area (Å²) >= 11 is 1.42. The molecule has 4 nitrogen and oxygen atoms in total. The summed E-state index contributed by atoms with van der Waals surface area (Å²) in [6.45, 7) is 0. The molecule has 0 unspecified atom stereocenters. The van der Waals surface area contributed by atoms with E-state index in [2.05, 4.69) is 4.98 Å². The minimum absolute atomic E-state index is 0.0846. The Morgan fingerprint density at radius 1 is 1.53 bits per heavy atom. The molecule has 1 amide bonds. The van der Waals surface area contributed by atoms with E-state index in [0.29, 0.717) is 11.2 Å². The zero-order valence-electron chi connectivity index (χ0n) is 9.51. The molecule has 3 rings (SSSR count). The Kier molecular flexibility index (Phi) is 2.29. The first-order chi connectivity index (χ1) is 8.15. The summed E-state index contributed by atoms with van der Waals surface area (Å²) in [5, 5.41) is 0.542. The van der Waals surface area contributed by atoms with Gasteiger partial charge in [-0.15, -0.1) is 0 Å². The van der Waals surface area contributed by atoms with Crippen molar-refractivity contribution in [3.63, 3.8) is 0 Å². The first kappa shape index (κ1) is 10.5. The molecule has 0 saturated heterocycles. The number of fused-ring (bicyclic) bond motifs is 1. The second-order valence-electron chi connectivity index (χ2n) is 4.38. The fourth-order valence-electron chi connectivity index (χ4n) is 1.91. The molecule has 1 aliphatic carbocycles. The number of amides is 1. The van der Waals surface area contributed by atoms with Crippen molar-refractivity contribution in [2.45, 2.75) is 18.9 Å². The zero-order chi connectivity index (χ0) is 12.0. The lowest BCUT2D eigenvalue weighted by Gasteiger charge is -2.15. The second kappa shape index (κ2) is 3.70. The lowest BCUT2D eigenvalue weighted by molar-refractivity contribution is 0.0785. The molecule has 0 spiro atoms. The van der Waals surface area contributed by atoms with Gasteiger partial charge in [-0.05, 0) is 31.0 Å². The topological polar surface area (TPSA) is 59.2 Å². The molecule has 0 radical (unpaired) electrons. The van der Waals surface area contributed by atoms with Crippen LogP contribution in [0.4, 0.5) is 5.13 Å². The highest BCUT2D eigenvalue weighted by atomic mass is 32.1. The van der Waals surface area contributed by atoms with E-state index in [1.807, 2.05) is 30.1 Å². The summed E-state index contributed by atoms with van der Waals surface area (Å²) in [6.07, 6.45) is 2.25. The van der Waals surface area contributed by atoms with Gasteiger partial charge in [0.25, 0.3) is 5.91 Å². The van der Waals surface area contributed by atoms with Gasteiger partial charge < -0.3 is 10.6 Å².